The highest BCUT2D eigenvalue weighted by atomic mass is 35.5. The number of carboxylic acid groups (broad SMARTS) is 1. The first-order chi connectivity index (χ1) is 7.76. The molecule has 0 aliphatic heterocycles. The average Bonchev–Trinajstić information content (AvgIpc) is 2.27. The molecule has 0 saturated heterocycles. The number of carbonyl (C=O) groups excluding carboxylic acids is 1. The normalized spacial score (nSPS) is 13.6. The van der Waals surface area contributed by atoms with Crippen molar-refractivity contribution in [3.05, 3.63) is 29.8 Å². The summed E-state index contributed by atoms with van der Waals surface area (Å²) in [6.07, 6.45) is 0. The lowest BCUT2D eigenvalue weighted by molar-refractivity contribution is -0.302. The summed E-state index contributed by atoms with van der Waals surface area (Å²) < 4.78 is 21.3. The maximum absolute atomic E-state index is 11.7. The number of benzene rings is 1. The van der Waals surface area contributed by atoms with E-state index in [1.165, 1.54) is 12.1 Å². The van der Waals surface area contributed by atoms with E-state index in [9.17, 15) is 18.3 Å². The maximum atomic E-state index is 11.7. The van der Waals surface area contributed by atoms with Crippen LogP contribution in [0, 0.1) is 0 Å². The molecule has 0 bridgehead atoms. The molecule has 4 nitrogen and oxygen atoms in total. The molecule has 1 atom stereocenters. The predicted octanol–water partition coefficient (Wildman–Crippen LogP) is 0.899. The van der Waals surface area contributed by atoms with Gasteiger partial charge in [-0.25, -0.2) is 8.42 Å². The van der Waals surface area contributed by atoms with E-state index in [0.29, 0.717) is 0 Å². The molecule has 0 fully saturated rings. The summed E-state index contributed by atoms with van der Waals surface area (Å²) >= 11 is 5.29. The molecule has 0 aliphatic rings. The van der Waals surface area contributed by atoms with E-state index >= 15 is 0 Å². The Morgan fingerprint density at radius 1 is 1.24 bits per heavy atom. The van der Waals surface area contributed by atoms with E-state index in [-0.39, 0.29) is 10.8 Å². The van der Waals surface area contributed by atoms with Gasteiger partial charge in [0.25, 0.3) is 0 Å². The van der Waals surface area contributed by atoms with Gasteiger partial charge < -0.3 is 9.90 Å². The van der Waals surface area contributed by atoms with Crippen molar-refractivity contribution in [2.75, 3.05) is 0 Å². The van der Waals surface area contributed by atoms with Gasteiger partial charge in [-0.05, 0) is 23.6 Å². The molecular formula is C11H12ClO4S-. The highest BCUT2D eigenvalue weighted by molar-refractivity contribution is 7.94. The van der Waals surface area contributed by atoms with Crippen molar-refractivity contribution in [1.29, 1.82) is 0 Å². The molecule has 1 rings (SSSR count). The Labute approximate surface area is 105 Å². The third-order valence-corrected chi connectivity index (χ3v) is 4.88. The first-order valence-electron chi connectivity index (χ1n) is 4.95. The third kappa shape index (κ3) is 2.98. The second-order valence-electron chi connectivity index (χ2n) is 3.90. The Hall–Kier alpha value is -1.07. The smallest absolute Gasteiger partial charge is 0.200 e. The van der Waals surface area contributed by atoms with Crippen molar-refractivity contribution >= 4 is 27.4 Å². The second kappa shape index (κ2) is 5.06. The topological polar surface area (TPSA) is 74.3 Å². The number of carbonyl (C=O) groups is 1. The number of aliphatic carboxylic acids is 1. The van der Waals surface area contributed by atoms with Crippen LogP contribution in [0.4, 0.5) is 0 Å². The first-order valence-corrected chi connectivity index (χ1v) is 6.94. The SMILES string of the molecule is CC(C)c1ccc(S(=O)(=O)C(Cl)C(=O)[O-])cc1. The summed E-state index contributed by atoms with van der Waals surface area (Å²) in [6.45, 7) is 3.93. The lowest BCUT2D eigenvalue weighted by Crippen LogP contribution is -2.37. The molecule has 0 aromatic heterocycles. The number of sulfone groups is 1. The van der Waals surface area contributed by atoms with E-state index < -0.39 is 20.5 Å². The molecular weight excluding hydrogens is 264 g/mol. The summed E-state index contributed by atoms with van der Waals surface area (Å²) in [5.41, 5.74) is 0.962. The highest BCUT2D eigenvalue weighted by Crippen LogP contribution is 2.21. The largest absolute Gasteiger partial charge is 0.547 e. The molecule has 1 unspecified atom stereocenters. The quantitative estimate of drug-likeness (QED) is 0.765. The van der Waals surface area contributed by atoms with Crippen molar-refractivity contribution < 1.29 is 18.3 Å². The van der Waals surface area contributed by atoms with Crippen LogP contribution in [-0.2, 0) is 14.6 Å². The molecule has 17 heavy (non-hydrogen) atoms. The number of rotatable bonds is 4. The van der Waals surface area contributed by atoms with Gasteiger partial charge in [-0.1, -0.05) is 37.6 Å². The molecule has 0 spiro atoms. The van der Waals surface area contributed by atoms with Crippen molar-refractivity contribution in [1.82, 2.24) is 0 Å². The standard InChI is InChI=1S/C11H13ClO4S/c1-7(2)8-3-5-9(6-4-8)17(15,16)10(12)11(13)14/h3-7,10H,1-2H3,(H,13,14)/p-1. The number of hydrogen-bond acceptors (Lipinski definition) is 4. The van der Waals surface area contributed by atoms with Gasteiger partial charge in [-0.3, -0.25) is 0 Å². The van der Waals surface area contributed by atoms with Crippen molar-refractivity contribution in [3.8, 4) is 0 Å². The lowest BCUT2D eigenvalue weighted by Gasteiger charge is -2.12. The van der Waals surface area contributed by atoms with Crippen LogP contribution in [0.5, 0.6) is 0 Å². The molecule has 94 valence electrons. The summed E-state index contributed by atoms with van der Waals surface area (Å²) in [4.78, 5) is 10.4. The zero-order chi connectivity index (χ0) is 13.2. The van der Waals surface area contributed by atoms with E-state index in [0.717, 1.165) is 5.56 Å². The molecule has 0 heterocycles. The molecule has 6 heteroatoms. The summed E-state index contributed by atoms with van der Waals surface area (Å²) in [5, 5.41) is 10.5. The number of carboxylic acids is 1. The Bertz CT molecular complexity index is 505. The lowest BCUT2D eigenvalue weighted by atomic mass is 10.0. The second-order valence-corrected chi connectivity index (χ2v) is 6.63. The van der Waals surface area contributed by atoms with Gasteiger partial charge >= 0.3 is 0 Å². The third-order valence-electron chi connectivity index (χ3n) is 2.33. The number of hydrogen-bond donors (Lipinski definition) is 0. The highest BCUT2D eigenvalue weighted by Gasteiger charge is 2.26. The molecule has 0 aliphatic carbocycles. The monoisotopic (exact) mass is 275 g/mol. The summed E-state index contributed by atoms with van der Waals surface area (Å²) in [7, 11) is -4.08. The van der Waals surface area contributed by atoms with Crippen molar-refractivity contribution in [3.63, 3.8) is 0 Å². The molecule has 1 aromatic rings. The molecule has 1 aromatic carbocycles. The van der Waals surface area contributed by atoms with Gasteiger partial charge in [0.15, 0.2) is 4.71 Å². The van der Waals surface area contributed by atoms with E-state index in [4.69, 9.17) is 11.6 Å². The average molecular weight is 276 g/mol. The van der Waals surface area contributed by atoms with Gasteiger partial charge in [0.1, 0.15) is 0 Å². The minimum Gasteiger partial charge on any atom is -0.547 e. The van der Waals surface area contributed by atoms with Crippen LogP contribution >= 0.6 is 11.6 Å². The Balaban J connectivity index is 3.13. The van der Waals surface area contributed by atoms with Crippen LogP contribution in [0.3, 0.4) is 0 Å². The first kappa shape index (κ1) is 14.0. The summed E-state index contributed by atoms with van der Waals surface area (Å²) in [6, 6.07) is 5.97. The zero-order valence-electron chi connectivity index (χ0n) is 9.38. The Morgan fingerprint density at radius 2 is 1.71 bits per heavy atom. The van der Waals surface area contributed by atoms with E-state index in [2.05, 4.69) is 0 Å². The van der Waals surface area contributed by atoms with Crippen molar-refractivity contribution in [2.24, 2.45) is 0 Å². The van der Waals surface area contributed by atoms with Crippen LogP contribution < -0.4 is 5.11 Å². The van der Waals surface area contributed by atoms with Crippen LogP contribution in [0.1, 0.15) is 25.3 Å². The molecule has 0 N–H and O–H groups in total. The van der Waals surface area contributed by atoms with Gasteiger partial charge in [-0.2, -0.15) is 0 Å². The fourth-order valence-electron chi connectivity index (χ4n) is 1.29. The van der Waals surface area contributed by atoms with Crippen LogP contribution in [0.25, 0.3) is 0 Å². The van der Waals surface area contributed by atoms with Crippen LogP contribution in [0.2, 0.25) is 0 Å². The molecule has 0 saturated carbocycles. The van der Waals surface area contributed by atoms with Gasteiger partial charge in [-0.15, -0.1) is 0 Å². The fourth-order valence-corrected chi connectivity index (χ4v) is 2.60. The van der Waals surface area contributed by atoms with E-state index in [1.54, 1.807) is 12.1 Å². The number of halogens is 1. The van der Waals surface area contributed by atoms with Crippen LogP contribution in [-0.4, -0.2) is 19.1 Å². The van der Waals surface area contributed by atoms with Gasteiger partial charge in [0.05, 0.1) is 10.9 Å². The zero-order valence-corrected chi connectivity index (χ0v) is 11.0. The molecule has 0 radical (unpaired) electrons. The Morgan fingerprint density at radius 3 is 2.06 bits per heavy atom. The summed E-state index contributed by atoms with van der Waals surface area (Å²) in [5.74, 6) is -1.56. The van der Waals surface area contributed by atoms with Crippen molar-refractivity contribution in [2.45, 2.75) is 29.4 Å². The number of alkyl halides is 1. The van der Waals surface area contributed by atoms with Crippen LogP contribution in [0.15, 0.2) is 29.2 Å². The fraction of sp³-hybridized carbons (Fsp3) is 0.364. The Kier molecular flexibility index (Phi) is 4.16. The minimum atomic E-state index is -4.08. The molecule has 0 amide bonds. The van der Waals surface area contributed by atoms with E-state index in [1.807, 2.05) is 13.8 Å². The predicted molar refractivity (Wildman–Crippen MR) is 62.4 cm³/mol. The maximum Gasteiger partial charge on any atom is 0.200 e. The van der Waals surface area contributed by atoms with Gasteiger partial charge in [0.2, 0.25) is 9.84 Å². The van der Waals surface area contributed by atoms with Gasteiger partial charge in [0, 0.05) is 0 Å². The minimum absolute atomic E-state index is 0.119.